The number of ether oxygens (including phenoxy) is 6. The number of carbonyl (C=O) groups excluding carboxylic acids is 4. The summed E-state index contributed by atoms with van der Waals surface area (Å²) in [6.07, 6.45) is -6.98. The molecule has 1 fully saturated rings. The van der Waals surface area contributed by atoms with Gasteiger partial charge in [0.2, 0.25) is 12.4 Å². The quantitative estimate of drug-likeness (QED) is 0.218. The molecule has 0 amide bonds. The van der Waals surface area contributed by atoms with Crippen LogP contribution in [0.1, 0.15) is 27.7 Å². The van der Waals surface area contributed by atoms with Gasteiger partial charge < -0.3 is 28.4 Å². The Balaban J connectivity index is 2.49. The highest BCUT2D eigenvalue weighted by atomic mass is 35.5. The highest BCUT2D eigenvalue weighted by Gasteiger charge is 2.53. The van der Waals surface area contributed by atoms with E-state index in [1.165, 1.54) is 6.07 Å². The van der Waals surface area contributed by atoms with E-state index >= 15 is 0 Å². The summed E-state index contributed by atoms with van der Waals surface area (Å²) in [4.78, 5) is 57.0. The molecule has 186 valence electrons. The maximum Gasteiger partial charge on any atom is 0.303 e. The first-order valence-corrected chi connectivity index (χ1v) is 10.2. The Labute approximate surface area is 198 Å². The third-order valence-electron chi connectivity index (χ3n) is 4.32. The van der Waals surface area contributed by atoms with E-state index in [0.29, 0.717) is 0 Å². The monoisotopic (exact) mass is 503 g/mol. The first-order chi connectivity index (χ1) is 15.9. The third-order valence-corrected chi connectivity index (χ3v) is 4.61. The second-order valence-corrected chi connectivity index (χ2v) is 7.46. The molecule has 13 nitrogen and oxygen atoms in total. The van der Waals surface area contributed by atoms with Gasteiger partial charge in [0, 0.05) is 39.8 Å². The molecule has 0 N–H and O–H groups in total. The standard InChI is InChI=1S/C20H22ClNO12/c1-9(23)29-8-16-17(30-10(2)24)18(31-11(3)25)19(32-12(4)26)20(34-16)33-15-6-5-13(22(27)28)7-14(15)21/h5-7,16-20H,8H2,1-4H3/t16-,17-,18+,19-,20+/m1/s1. The Morgan fingerprint density at radius 1 is 0.941 bits per heavy atom. The number of halogens is 1. The fourth-order valence-electron chi connectivity index (χ4n) is 3.11. The minimum Gasteiger partial charge on any atom is -0.463 e. The van der Waals surface area contributed by atoms with Crippen LogP contribution in [0.2, 0.25) is 5.02 Å². The Kier molecular flexibility index (Phi) is 9.15. The smallest absolute Gasteiger partial charge is 0.303 e. The van der Waals surface area contributed by atoms with Crippen molar-refractivity contribution in [3.8, 4) is 5.75 Å². The van der Waals surface area contributed by atoms with E-state index in [0.717, 1.165) is 39.8 Å². The number of benzene rings is 1. The van der Waals surface area contributed by atoms with Gasteiger partial charge in [-0.3, -0.25) is 29.3 Å². The minimum atomic E-state index is -1.51. The summed E-state index contributed by atoms with van der Waals surface area (Å²) in [5.41, 5.74) is -0.307. The van der Waals surface area contributed by atoms with Crippen molar-refractivity contribution in [1.82, 2.24) is 0 Å². The van der Waals surface area contributed by atoms with Crippen molar-refractivity contribution in [2.45, 2.75) is 58.4 Å². The van der Waals surface area contributed by atoms with E-state index in [4.69, 9.17) is 40.0 Å². The zero-order valence-electron chi connectivity index (χ0n) is 18.6. The van der Waals surface area contributed by atoms with Crippen LogP contribution in [0.25, 0.3) is 0 Å². The van der Waals surface area contributed by atoms with Gasteiger partial charge in [0.15, 0.2) is 12.2 Å². The molecule has 0 unspecified atom stereocenters. The fraction of sp³-hybridized carbons (Fsp3) is 0.500. The van der Waals surface area contributed by atoms with Gasteiger partial charge in [-0.2, -0.15) is 0 Å². The van der Waals surface area contributed by atoms with E-state index in [1.54, 1.807) is 0 Å². The molecular weight excluding hydrogens is 482 g/mol. The summed E-state index contributed by atoms with van der Waals surface area (Å²) < 4.78 is 32.2. The zero-order valence-corrected chi connectivity index (χ0v) is 19.3. The van der Waals surface area contributed by atoms with Gasteiger partial charge in [0.05, 0.1) is 9.95 Å². The Hall–Kier alpha value is -3.45. The molecule has 34 heavy (non-hydrogen) atoms. The molecule has 1 aliphatic heterocycles. The lowest BCUT2D eigenvalue weighted by molar-refractivity contribution is -0.384. The van der Waals surface area contributed by atoms with Crippen LogP contribution in [0.4, 0.5) is 5.69 Å². The van der Waals surface area contributed by atoms with Crippen LogP contribution in [0.15, 0.2) is 18.2 Å². The number of hydrogen-bond donors (Lipinski definition) is 0. The van der Waals surface area contributed by atoms with Crippen LogP contribution in [-0.4, -0.2) is 66.1 Å². The van der Waals surface area contributed by atoms with Crippen molar-refractivity contribution < 1.29 is 52.5 Å². The number of non-ortho nitro benzene ring substituents is 1. The van der Waals surface area contributed by atoms with Crippen molar-refractivity contribution in [1.29, 1.82) is 0 Å². The van der Waals surface area contributed by atoms with Gasteiger partial charge in [0.25, 0.3) is 5.69 Å². The van der Waals surface area contributed by atoms with E-state index in [2.05, 4.69) is 0 Å². The molecule has 0 bridgehead atoms. The Morgan fingerprint density at radius 2 is 1.50 bits per heavy atom. The average molecular weight is 504 g/mol. The zero-order chi connectivity index (χ0) is 25.6. The Bertz CT molecular complexity index is 967. The molecular formula is C20H22ClNO12. The van der Waals surface area contributed by atoms with Gasteiger partial charge in [-0.25, -0.2) is 0 Å². The molecule has 1 aromatic carbocycles. The van der Waals surface area contributed by atoms with Crippen LogP contribution in [0, 0.1) is 10.1 Å². The van der Waals surface area contributed by atoms with Crippen molar-refractivity contribution in [2.75, 3.05) is 6.61 Å². The average Bonchev–Trinajstić information content (AvgIpc) is 2.71. The van der Waals surface area contributed by atoms with Gasteiger partial charge in [-0.15, -0.1) is 0 Å². The number of hydrogen-bond acceptors (Lipinski definition) is 12. The lowest BCUT2D eigenvalue weighted by atomic mass is 9.98. The first kappa shape index (κ1) is 26.8. The SMILES string of the molecule is CC(=O)OC[C@H]1O[C@H](Oc2ccc([N+](=O)[O-])cc2Cl)[C@H](OC(C)=O)[C@@H](OC(C)=O)[C@@H]1OC(C)=O. The second kappa shape index (κ2) is 11.6. The second-order valence-electron chi connectivity index (χ2n) is 7.06. The molecule has 1 saturated heterocycles. The fourth-order valence-corrected chi connectivity index (χ4v) is 3.33. The molecule has 0 aromatic heterocycles. The van der Waals surface area contributed by atoms with E-state index in [-0.39, 0.29) is 16.5 Å². The number of carbonyl (C=O) groups is 4. The summed E-state index contributed by atoms with van der Waals surface area (Å²) in [5.74, 6) is -3.16. The van der Waals surface area contributed by atoms with Crippen LogP contribution in [0.5, 0.6) is 5.75 Å². The largest absolute Gasteiger partial charge is 0.463 e. The van der Waals surface area contributed by atoms with Gasteiger partial charge in [-0.05, 0) is 6.07 Å². The van der Waals surface area contributed by atoms with Crippen LogP contribution in [-0.2, 0) is 42.9 Å². The maximum absolute atomic E-state index is 11.8. The van der Waals surface area contributed by atoms with Crippen molar-refractivity contribution >= 4 is 41.2 Å². The summed E-state index contributed by atoms with van der Waals surface area (Å²) >= 11 is 6.09. The summed E-state index contributed by atoms with van der Waals surface area (Å²) in [6.45, 7) is 3.95. The molecule has 14 heteroatoms. The number of nitro groups is 1. The molecule has 1 aliphatic rings. The first-order valence-electron chi connectivity index (χ1n) is 9.80. The number of nitro benzene ring substituents is 1. The molecule has 0 saturated carbocycles. The molecule has 2 rings (SSSR count). The van der Waals surface area contributed by atoms with E-state index < -0.39 is 66.1 Å². The molecule has 0 radical (unpaired) electrons. The number of esters is 4. The predicted molar refractivity (Wildman–Crippen MR) is 111 cm³/mol. The number of rotatable bonds is 8. The predicted octanol–water partition coefficient (Wildman–Crippen LogP) is 1.71. The number of nitrogens with zero attached hydrogens (tertiary/aromatic N) is 1. The van der Waals surface area contributed by atoms with E-state index in [1.807, 2.05) is 0 Å². The summed E-state index contributed by atoms with van der Waals surface area (Å²) in [5, 5.41) is 10.8. The van der Waals surface area contributed by atoms with Crippen LogP contribution >= 0.6 is 11.6 Å². The van der Waals surface area contributed by atoms with Gasteiger partial charge in [0.1, 0.15) is 18.5 Å². The van der Waals surface area contributed by atoms with Crippen molar-refractivity contribution in [2.24, 2.45) is 0 Å². The van der Waals surface area contributed by atoms with Crippen molar-refractivity contribution in [3.05, 3.63) is 33.3 Å². The molecule has 1 heterocycles. The van der Waals surface area contributed by atoms with E-state index in [9.17, 15) is 29.3 Å². The van der Waals surface area contributed by atoms with Crippen LogP contribution < -0.4 is 4.74 Å². The minimum absolute atomic E-state index is 0.0897. The molecule has 1 aromatic rings. The van der Waals surface area contributed by atoms with Crippen LogP contribution in [0.3, 0.4) is 0 Å². The van der Waals surface area contributed by atoms with Crippen molar-refractivity contribution in [3.63, 3.8) is 0 Å². The lowest BCUT2D eigenvalue weighted by Gasteiger charge is -2.43. The molecule has 0 spiro atoms. The third kappa shape index (κ3) is 7.28. The highest BCUT2D eigenvalue weighted by molar-refractivity contribution is 6.32. The highest BCUT2D eigenvalue weighted by Crippen LogP contribution is 2.34. The summed E-state index contributed by atoms with van der Waals surface area (Å²) in [7, 11) is 0. The van der Waals surface area contributed by atoms with Gasteiger partial charge >= 0.3 is 23.9 Å². The molecule has 5 atom stereocenters. The van der Waals surface area contributed by atoms with Gasteiger partial charge in [-0.1, -0.05) is 11.6 Å². The maximum atomic E-state index is 11.8. The topological polar surface area (TPSA) is 167 Å². The lowest BCUT2D eigenvalue weighted by Crippen LogP contribution is -2.63. The normalized spacial score (nSPS) is 23.9. The molecule has 0 aliphatic carbocycles. The summed E-state index contributed by atoms with van der Waals surface area (Å²) in [6, 6.07) is 3.34. The Morgan fingerprint density at radius 3 is 2.00 bits per heavy atom.